The molecule has 0 aromatic heterocycles. The van der Waals surface area contributed by atoms with E-state index in [9.17, 15) is 5.11 Å². The van der Waals surface area contributed by atoms with Gasteiger partial charge in [0.15, 0.2) is 0 Å². The number of aromatic hydroxyl groups is 1. The fourth-order valence-corrected chi connectivity index (χ4v) is 9.13. The standard InChI is InChI=1S/C50H72O/c1-15-50(14,44(34-45(2,3)4)38-22-17-16-18-23-38)48(10,11)35-43(39-27-29-42(51)30-28-39)49(12,13)47(8,9)33-41(46(5,6)7)32-36-25-26-37-21-19-20-24-40(37)31-36/h16-31,41,43-44,51H,15,32-35H2,1-14H3. The van der Waals surface area contributed by atoms with Gasteiger partial charge >= 0.3 is 0 Å². The molecule has 0 radical (unpaired) electrons. The van der Waals surface area contributed by atoms with Crippen LogP contribution in [0.4, 0.5) is 0 Å². The van der Waals surface area contributed by atoms with Gasteiger partial charge in [0.1, 0.15) is 5.75 Å². The van der Waals surface area contributed by atoms with Crippen LogP contribution >= 0.6 is 0 Å². The molecule has 0 amide bonds. The van der Waals surface area contributed by atoms with Crippen LogP contribution in [0, 0.1) is 38.4 Å². The van der Waals surface area contributed by atoms with Gasteiger partial charge in [0, 0.05) is 0 Å². The highest BCUT2D eigenvalue weighted by molar-refractivity contribution is 5.83. The average molecular weight is 689 g/mol. The van der Waals surface area contributed by atoms with Gasteiger partial charge in [-0.3, -0.25) is 0 Å². The predicted molar refractivity (Wildman–Crippen MR) is 224 cm³/mol. The van der Waals surface area contributed by atoms with Gasteiger partial charge < -0.3 is 5.11 Å². The first-order valence-corrected chi connectivity index (χ1v) is 19.8. The summed E-state index contributed by atoms with van der Waals surface area (Å²) in [7, 11) is 0. The Labute approximate surface area is 313 Å². The van der Waals surface area contributed by atoms with Crippen LogP contribution in [0.2, 0.25) is 0 Å². The third-order valence-electron chi connectivity index (χ3n) is 14.0. The fourth-order valence-electron chi connectivity index (χ4n) is 9.13. The lowest BCUT2D eigenvalue weighted by molar-refractivity contribution is -0.0247. The highest BCUT2D eigenvalue weighted by Gasteiger charge is 2.52. The quantitative estimate of drug-likeness (QED) is 0.140. The molecular weight excluding hydrogens is 617 g/mol. The van der Waals surface area contributed by atoms with Crippen LogP contribution in [0.5, 0.6) is 5.75 Å². The number of rotatable bonds is 14. The minimum Gasteiger partial charge on any atom is -0.508 e. The molecule has 0 bridgehead atoms. The predicted octanol–water partition coefficient (Wildman–Crippen LogP) is 15.0. The summed E-state index contributed by atoms with van der Waals surface area (Å²) in [6, 6.07) is 35.4. The second-order valence-electron chi connectivity index (χ2n) is 20.5. The topological polar surface area (TPSA) is 20.2 Å². The molecule has 4 rings (SSSR count). The lowest BCUT2D eigenvalue weighted by Gasteiger charge is -2.56. The lowest BCUT2D eigenvalue weighted by atomic mass is 9.48. The van der Waals surface area contributed by atoms with Crippen molar-refractivity contribution in [1.82, 2.24) is 0 Å². The second kappa shape index (κ2) is 15.1. The fraction of sp³-hybridized carbons (Fsp3) is 0.560. The Morgan fingerprint density at radius 2 is 1.08 bits per heavy atom. The van der Waals surface area contributed by atoms with Crippen LogP contribution in [0.1, 0.15) is 151 Å². The summed E-state index contributed by atoms with van der Waals surface area (Å²) in [5.74, 6) is 1.57. The van der Waals surface area contributed by atoms with E-state index in [0.29, 0.717) is 23.5 Å². The zero-order chi connectivity index (χ0) is 38.0. The van der Waals surface area contributed by atoms with Gasteiger partial charge in [-0.05, 0) is 122 Å². The van der Waals surface area contributed by atoms with Crippen LogP contribution in [-0.4, -0.2) is 5.11 Å². The molecule has 51 heavy (non-hydrogen) atoms. The monoisotopic (exact) mass is 689 g/mol. The SMILES string of the molecule is CCC(C)(C(CC(C)(C)C)c1ccccc1)C(C)(C)CC(c1ccc(O)cc1)C(C)(C)C(C)(C)CC(Cc1ccc2ccccc2c1)C(C)(C)C. The first-order valence-electron chi connectivity index (χ1n) is 19.8. The van der Waals surface area contributed by atoms with Crippen molar-refractivity contribution in [3.8, 4) is 5.75 Å². The molecule has 0 saturated heterocycles. The summed E-state index contributed by atoms with van der Waals surface area (Å²) < 4.78 is 0. The number of fused-ring (bicyclic) bond motifs is 1. The number of hydrogen-bond acceptors (Lipinski definition) is 1. The van der Waals surface area contributed by atoms with E-state index in [0.717, 1.165) is 32.1 Å². The van der Waals surface area contributed by atoms with Crippen LogP contribution in [-0.2, 0) is 6.42 Å². The molecule has 0 heterocycles. The molecule has 1 nitrogen and oxygen atoms in total. The highest BCUT2D eigenvalue weighted by Crippen LogP contribution is 2.62. The Kier molecular flexibility index (Phi) is 12.1. The summed E-state index contributed by atoms with van der Waals surface area (Å²) >= 11 is 0. The maximum atomic E-state index is 10.4. The Morgan fingerprint density at radius 1 is 0.529 bits per heavy atom. The van der Waals surface area contributed by atoms with Gasteiger partial charge in [0.25, 0.3) is 0 Å². The van der Waals surface area contributed by atoms with E-state index in [1.54, 1.807) is 0 Å². The van der Waals surface area contributed by atoms with Gasteiger partial charge in [0.05, 0.1) is 0 Å². The van der Waals surface area contributed by atoms with Crippen LogP contribution in [0.3, 0.4) is 0 Å². The molecule has 0 spiro atoms. The van der Waals surface area contributed by atoms with Crippen LogP contribution < -0.4 is 0 Å². The summed E-state index contributed by atoms with van der Waals surface area (Å²) in [5, 5.41) is 13.1. The molecule has 4 unspecified atom stereocenters. The van der Waals surface area contributed by atoms with E-state index in [1.165, 1.54) is 27.5 Å². The number of benzene rings is 4. The van der Waals surface area contributed by atoms with Crippen LogP contribution in [0.25, 0.3) is 10.8 Å². The van der Waals surface area contributed by atoms with Crippen molar-refractivity contribution < 1.29 is 5.11 Å². The average Bonchev–Trinajstić information content (AvgIpc) is 3.05. The Bertz CT molecular complexity index is 1690. The molecule has 0 aliphatic rings. The Hall–Kier alpha value is -3.06. The van der Waals surface area contributed by atoms with Crippen molar-refractivity contribution >= 4 is 10.8 Å². The van der Waals surface area contributed by atoms with E-state index < -0.39 is 0 Å². The van der Waals surface area contributed by atoms with E-state index in [1.807, 2.05) is 12.1 Å². The van der Waals surface area contributed by atoms with Crippen molar-refractivity contribution in [2.24, 2.45) is 38.4 Å². The summed E-state index contributed by atoms with van der Waals surface area (Å²) in [6.07, 6.45) is 5.53. The second-order valence-corrected chi connectivity index (χ2v) is 20.5. The van der Waals surface area contributed by atoms with Gasteiger partial charge in [0.2, 0.25) is 0 Å². The molecule has 4 atom stereocenters. The minimum absolute atomic E-state index is 0.0118. The molecule has 1 N–H and O–H groups in total. The Balaban J connectivity index is 1.77. The molecule has 278 valence electrons. The van der Waals surface area contributed by atoms with Crippen molar-refractivity contribution in [3.63, 3.8) is 0 Å². The van der Waals surface area contributed by atoms with Gasteiger partial charge in [-0.2, -0.15) is 0 Å². The number of phenolic OH excluding ortho intramolecular Hbond substituents is 1. The summed E-state index contributed by atoms with van der Waals surface area (Å²) in [6.45, 7) is 34.8. The van der Waals surface area contributed by atoms with Gasteiger partial charge in [-0.1, -0.05) is 182 Å². The zero-order valence-corrected chi connectivity index (χ0v) is 35.0. The molecule has 0 aliphatic carbocycles. The van der Waals surface area contributed by atoms with Crippen LogP contribution in [0.15, 0.2) is 97.1 Å². The van der Waals surface area contributed by atoms with E-state index in [2.05, 4.69) is 182 Å². The smallest absolute Gasteiger partial charge is 0.115 e. The molecule has 0 saturated carbocycles. The maximum absolute atomic E-state index is 10.4. The van der Waals surface area contributed by atoms with Crippen molar-refractivity contribution in [2.45, 2.75) is 141 Å². The third kappa shape index (κ3) is 9.30. The molecule has 4 aromatic rings. The maximum Gasteiger partial charge on any atom is 0.115 e. The lowest BCUT2D eigenvalue weighted by Crippen LogP contribution is -2.46. The molecule has 0 aliphatic heterocycles. The van der Waals surface area contributed by atoms with E-state index in [4.69, 9.17) is 0 Å². The first-order chi connectivity index (χ1) is 23.5. The molecule has 4 aromatic carbocycles. The summed E-state index contributed by atoms with van der Waals surface area (Å²) in [4.78, 5) is 0. The molecular formula is C50H72O. The first kappa shape index (κ1) is 40.7. The Morgan fingerprint density at radius 3 is 1.63 bits per heavy atom. The van der Waals surface area contributed by atoms with Gasteiger partial charge in [-0.25, -0.2) is 0 Å². The van der Waals surface area contributed by atoms with Gasteiger partial charge in [-0.15, -0.1) is 0 Å². The largest absolute Gasteiger partial charge is 0.508 e. The van der Waals surface area contributed by atoms with Crippen molar-refractivity contribution in [2.75, 3.05) is 0 Å². The zero-order valence-electron chi connectivity index (χ0n) is 35.0. The molecule has 0 fully saturated rings. The van der Waals surface area contributed by atoms with E-state index >= 15 is 0 Å². The van der Waals surface area contributed by atoms with E-state index in [-0.39, 0.29) is 32.5 Å². The third-order valence-corrected chi connectivity index (χ3v) is 14.0. The minimum atomic E-state index is -0.0466. The normalized spacial score (nSPS) is 16.4. The summed E-state index contributed by atoms with van der Waals surface area (Å²) in [5.41, 5.74) is 4.64. The highest BCUT2D eigenvalue weighted by atomic mass is 16.3. The van der Waals surface area contributed by atoms with Crippen molar-refractivity contribution in [3.05, 3.63) is 114 Å². The number of hydrogen-bond donors (Lipinski definition) is 1. The molecule has 1 heteroatoms. The number of phenols is 1. The van der Waals surface area contributed by atoms with Crippen molar-refractivity contribution in [1.29, 1.82) is 0 Å².